The van der Waals surface area contributed by atoms with Gasteiger partial charge in [-0.05, 0) is 50.9 Å². The van der Waals surface area contributed by atoms with Crippen LogP contribution in [0.2, 0.25) is 0 Å². The summed E-state index contributed by atoms with van der Waals surface area (Å²) in [4.78, 5) is 35.6. The van der Waals surface area contributed by atoms with E-state index < -0.39 is 50.8 Å². The molecule has 0 radical (unpaired) electrons. The third kappa shape index (κ3) is 29.1. The van der Waals surface area contributed by atoms with Gasteiger partial charge in [0.1, 0.15) is 19.8 Å². The Morgan fingerprint density at radius 1 is 0.772 bits per heavy atom. The Labute approximate surface area is 345 Å². The first-order valence-corrected chi connectivity index (χ1v) is 23.5. The summed E-state index contributed by atoms with van der Waals surface area (Å²) in [5.41, 5.74) is 0. The first-order valence-electron chi connectivity index (χ1n) is 22.0. The van der Waals surface area contributed by atoms with Crippen LogP contribution in [0.1, 0.15) is 149 Å². The van der Waals surface area contributed by atoms with Crippen molar-refractivity contribution in [2.75, 3.05) is 47.5 Å². The fraction of sp³-hybridized carbons (Fsp3) is 0.818. The highest BCUT2D eigenvalue weighted by atomic mass is 31.2. The van der Waals surface area contributed by atoms with Gasteiger partial charge in [-0.25, -0.2) is 4.57 Å². The molecular weight excluding hydrogens is 749 g/mol. The van der Waals surface area contributed by atoms with Crippen molar-refractivity contribution in [3.63, 3.8) is 0 Å². The topological polar surface area (TPSA) is 169 Å². The van der Waals surface area contributed by atoms with Crippen LogP contribution in [0.15, 0.2) is 36.5 Å². The maximum atomic E-state index is 12.7. The summed E-state index contributed by atoms with van der Waals surface area (Å²) in [6.45, 7) is 3.92. The third-order valence-electron chi connectivity index (χ3n) is 10.2. The first-order chi connectivity index (χ1) is 27.2. The molecule has 7 atom stereocenters. The van der Waals surface area contributed by atoms with Crippen LogP contribution in [-0.2, 0) is 32.7 Å². The second-order valence-corrected chi connectivity index (χ2v) is 18.2. The molecule has 1 aliphatic carbocycles. The average Bonchev–Trinajstić information content (AvgIpc) is 3.42. The number of nitrogens with zero attached hydrogens (tertiary/aromatic N) is 1. The minimum Gasteiger partial charge on any atom is -0.461 e. The number of phosphoric ester groups is 1. The molecule has 0 saturated heterocycles. The van der Waals surface area contributed by atoms with Crippen LogP contribution in [-0.4, -0.2) is 109 Å². The number of aliphatic hydroxyl groups is 3. The number of unbranched alkanes of at least 4 members (excludes halogenated alkanes) is 13. The number of ether oxygens (including phenoxy) is 2. The van der Waals surface area contributed by atoms with Crippen LogP contribution in [0.3, 0.4) is 0 Å². The monoisotopic (exact) mass is 831 g/mol. The van der Waals surface area contributed by atoms with E-state index in [1.165, 1.54) is 38.5 Å². The van der Waals surface area contributed by atoms with Crippen molar-refractivity contribution >= 4 is 19.8 Å². The summed E-state index contributed by atoms with van der Waals surface area (Å²) in [6.07, 6.45) is 27.5. The Balaban J connectivity index is 2.56. The van der Waals surface area contributed by atoms with Gasteiger partial charge in [0.15, 0.2) is 6.10 Å². The molecule has 1 saturated carbocycles. The Kier molecular flexibility index (Phi) is 29.8. The molecular formula is C44H81NO11P+. The van der Waals surface area contributed by atoms with E-state index in [-0.39, 0.29) is 44.3 Å². The molecule has 1 unspecified atom stereocenters. The lowest BCUT2D eigenvalue weighted by Gasteiger charge is -2.24. The fourth-order valence-electron chi connectivity index (χ4n) is 6.69. The average molecular weight is 831 g/mol. The van der Waals surface area contributed by atoms with E-state index in [9.17, 15) is 34.4 Å². The van der Waals surface area contributed by atoms with E-state index in [4.69, 9.17) is 18.5 Å². The van der Waals surface area contributed by atoms with E-state index in [0.717, 1.165) is 57.8 Å². The van der Waals surface area contributed by atoms with Crippen LogP contribution in [0, 0.1) is 11.8 Å². The number of phosphoric acid groups is 1. The number of carbonyl (C=O) groups is 2. The summed E-state index contributed by atoms with van der Waals surface area (Å²) in [6, 6.07) is 0. The van der Waals surface area contributed by atoms with Gasteiger partial charge < -0.3 is 34.2 Å². The molecule has 0 bridgehead atoms. The highest BCUT2D eigenvalue weighted by Crippen LogP contribution is 2.43. The molecule has 0 heterocycles. The Morgan fingerprint density at radius 3 is 2.04 bits per heavy atom. The molecule has 13 heteroatoms. The zero-order chi connectivity index (χ0) is 42.4. The van der Waals surface area contributed by atoms with Crippen molar-refractivity contribution in [1.82, 2.24) is 0 Å². The van der Waals surface area contributed by atoms with Gasteiger partial charge in [0, 0.05) is 18.8 Å². The summed E-state index contributed by atoms with van der Waals surface area (Å²) >= 11 is 0. The van der Waals surface area contributed by atoms with E-state index in [0.29, 0.717) is 30.3 Å². The van der Waals surface area contributed by atoms with Gasteiger partial charge in [0.05, 0.1) is 52.5 Å². The molecule has 1 aliphatic rings. The molecule has 12 nitrogen and oxygen atoms in total. The van der Waals surface area contributed by atoms with Crippen molar-refractivity contribution in [1.29, 1.82) is 0 Å². The van der Waals surface area contributed by atoms with Crippen LogP contribution in [0.4, 0.5) is 0 Å². The largest absolute Gasteiger partial charge is 0.472 e. The van der Waals surface area contributed by atoms with Gasteiger partial charge in [0.25, 0.3) is 0 Å². The number of quaternary nitrogens is 1. The standard InChI is InChI=1S/C44H80NO11P/c1-6-8-10-11-12-13-14-15-16-17-18-19-20-21-23-29-44(50)56-38(36-55-57(51,52)54-33-32-45(3,4)5)35-53-43(49)28-25-24-27-39-40(42(48)34-41(39)47)31-30-37(46)26-22-9-7-2/h15-16,24-25,30-31,37-42,46-48H,6-14,17-23,26-29,32-36H2,1-5H3/p+1/b16-15-,25-24-,31-30+/t37-,38-,39+,40-,41+,42-/m1/s1. The quantitative estimate of drug-likeness (QED) is 0.0159. The van der Waals surface area contributed by atoms with Gasteiger partial charge in [-0.1, -0.05) is 121 Å². The maximum absolute atomic E-state index is 12.7. The second-order valence-electron chi connectivity index (χ2n) is 16.7. The minimum atomic E-state index is -4.46. The molecule has 0 aromatic carbocycles. The number of allylic oxidation sites excluding steroid dienone is 3. The van der Waals surface area contributed by atoms with Crippen LogP contribution < -0.4 is 0 Å². The number of hydrogen-bond donors (Lipinski definition) is 4. The second kappa shape index (κ2) is 32.0. The molecule has 332 valence electrons. The summed E-state index contributed by atoms with van der Waals surface area (Å²) in [5.74, 6) is -1.70. The van der Waals surface area contributed by atoms with Crippen LogP contribution in [0.25, 0.3) is 0 Å². The molecule has 57 heavy (non-hydrogen) atoms. The summed E-state index contributed by atoms with van der Waals surface area (Å²) in [5, 5.41) is 31.4. The van der Waals surface area contributed by atoms with Gasteiger partial charge >= 0.3 is 19.8 Å². The normalized spacial score (nSPS) is 21.1. The molecule has 0 aliphatic heterocycles. The van der Waals surface area contributed by atoms with Crippen molar-refractivity contribution in [3.8, 4) is 0 Å². The predicted octanol–water partition coefficient (Wildman–Crippen LogP) is 8.51. The zero-order valence-corrected chi connectivity index (χ0v) is 37.0. The lowest BCUT2D eigenvalue weighted by Crippen LogP contribution is -2.37. The van der Waals surface area contributed by atoms with Gasteiger partial charge in [0.2, 0.25) is 0 Å². The van der Waals surface area contributed by atoms with E-state index >= 15 is 0 Å². The number of carbonyl (C=O) groups excluding carboxylic acids is 2. The van der Waals surface area contributed by atoms with Crippen molar-refractivity contribution in [3.05, 3.63) is 36.5 Å². The van der Waals surface area contributed by atoms with Crippen LogP contribution in [0.5, 0.6) is 0 Å². The van der Waals surface area contributed by atoms with Crippen molar-refractivity contribution in [2.45, 2.75) is 173 Å². The Bertz CT molecular complexity index is 1190. The maximum Gasteiger partial charge on any atom is 0.472 e. The highest BCUT2D eigenvalue weighted by molar-refractivity contribution is 7.47. The van der Waals surface area contributed by atoms with Crippen molar-refractivity contribution in [2.24, 2.45) is 11.8 Å². The molecule has 0 amide bonds. The van der Waals surface area contributed by atoms with Gasteiger partial charge in [-0.3, -0.25) is 18.6 Å². The lowest BCUT2D eigenvalue weighted by molar-refractivity contribution is -0.870. The molecule has 0 aromatic heterocycles. The van der Waals surface area contributed by atoms with Crippen LogP contribution >= 0.6 is 7.82 Å². The number of hydrogen-bond acceptors (Lipinski definition) is 10. The number of esters is 2. The first kappa shape index (κ1) is 53.1. The molecule has 1 fully saturated rings. The molecule has 0 spiro atoms. The number of rotatable bonds is 35. The molecule has 0 aromatic rings. The number of likely N-dealkylation sites (N-methyl/N-ethyl adjacent to an activating group) is 1. The zero-order valence-electron chi connectivity index (χ0n) is 36.1. The third-order valence-corrected chi connectivity index (χ3v) is 11.2. The summed E-state index contributed by atoms with van der Waals surface area (Å²) < 4.78 is 34.2. The summed E-state index contributed by atoms with van der Waals surface area (Å²) in [7, 11) is 1.30. The Morgan fingerprint density at radius 2 is 1.39 bits per heavy atom. The van der Waals surface area contributed by atoms with E-state index in [1.807, 2.05) is 21.1 Å². The highest BCUT2D eigenvalue weighted by Gasteiger charge is 2.39. The lowest BCUT2D eigenvalue weighted by atomic mass is 9.89. The predicted molar refractivity (Wildman–Crippen MR) is 226 cm³/mol. The van der Waals surface area contributed by atoms with E-state index in [2.05, 4.69) is 26.0 Å². The van der Waals surface area contributed by atoms with E-state index in [1.54, 1.807) is 24.3 Å². The minimum absolute atomic E-state index is 0.0204. The number of aliphatic hydroxyl groups excluding tert-OH is 3. The van der Waals surface area contributed by atoms with Gasteiger partial charge in [-0.15, -0.1) is 0 Å². The van der Waals surface area contributed by atoms with Crippen molar-refractivity contribution < 1.29 is 57.4 Å². The Hall–Kier alpha value is -1.89. The smallest absolute Gasteiger partial charge is 0.461 e. The molecule has 4 N–H and O–H groups in total. The van der Waals surface area contributed by atoms with Gasteiger partial charge in [-0.2, -0.15) is 0 Å². The molecule has 1 rings (SSSR count). The fourth-order valence-corrected chi connectivity index (χ4v) is 7.43. The SMILES string of the molecule is CCCCCCCC/C=C\CCCCCCCC(=O)O[C@H](COC(=O)C/C=C\C[C@H]1[C@@H](/C=C/[C@H](O)CCCCC)[C@H](O)C[C@@H]1O)COP(=O)(O)OCC[N+](C)(C)C.